The molecule has 1 saturated heterocycles. The van der Waals surface area contributed by atoms with Crippen LogP contribution >= 0.6 is 11.6 Å². The van der Waals surface area contributed by atoms with Gasteiger partial charge in [-0.2, -0.15) is 5.10 Å². The van der Waals surface area contributed by atoms with Gasteiger partial charge in [0.1, 0.15) is 0 Å². The second kappa shape index (κ2) is 7.68. The molecule has 2 heterocycles. The number of likely N-dealkylation sites (tertiary alicyclic amines) is 1. The van der Waals surface area contributed by atoms with Gasteiger partial charge in [-0.1, -0.05) is 29.8 Å². The lowest BCUT2D eigenvalue weighted by atomic mass is 10.0. The lowest BCUT2D eigenvalue weighted by molar-refractivity contribution is 0.242. The first-order chi connectivity index (χ1) is 11.6. The van der Waals surface area contributed by atoms with Crippen LogP contribution in [-0.4, -0.2) is 39.0 Å². The first-order valence-corrected chi connectivity index (χ1v) is 9.09. The lowest BCUT2D eigenvalue weighted by Gasteiger charge is -2.25. The molecular weight excluding hydrogens is 322 g/mol. The molecule has 0 amide bonds. The van der Waals surface area contributed by atoms with Gasteiger partial charge >= 0.3 is 0 Å². The van der Waals surface area contributed by atoms with Gasteiger partial charge in [-0.3, -0.25) is 9.58 Å². The normalized spacial score (nSPS) is 18.4. The van der Waals surface area contributed by atoms with Gasteiger partial charge in [0.15, 0.2) is 0 Å². The van der Waals surface area contributed by atoms with E-state index >= 15 is 0 Å². The van der Waals surface area contributed by atoms with Crippen LogP contribution in [0, 0.1) is 13.8 Å². The lowest BCUT2D eigenvalue weighted by Crippen LogP contribution is -2.31. The molecule has 3 rings (SSSR count). The van der Waals surface area contributed by atoms with Gasteiger partial charge in [-0.15, -0.1) is 0 Å². The molecule has 1 aromatic heterocycles. The molecule has 0 bridgehead atoms. The second-order valence-corrected chi connectivity index (χ2v) is 7.07. The first-order valence-electron chi connectivity index (χ1n) is 8.71. The molecular formula is C19H26ClN3O. The summed E-state index contributed by atoms with van der Waals surface area (Å²) in [5, 5.41) is 14.6. The maximum atomic E-state index is 9.18. The highest BCUT2D eigenvalue weighted by Gasteiger charge is 2.27. The van der Waals surface area contributed by atoms with Gasteiger partial charge in [0, 0.05) is 28.9 Å². The molecule has 1 aromatic carbocycles. The number of nitrogens with zero attached hydrogens (tertiary/aromatic N) is 3. The summed E-state index contributed by atoms with van der Waals surface area (Å²) >= 11 is 6.34. The van der Waals surface area contributed by atoms with Crippen LogP contribution in [0.3, 0.4) is 0 Å². The van der Waals surface area contributed by atoms with Crippen molar-refractivity contribution in [1.29, 1.82) is 0 Å². The predicted molar refractivity (Wildman–Crippen MR) is 97.4 cm³/mol. The van der Waals surface area contributed by atoms with Crippen LogP contribution in [0.15, 0.2) is 24.3 Å². The van der Waals surface area contributed by atoms with Gasteiger partial charge < -0.3 is 5.11 Å². The Morgan fingerprint density at radius 2 is 2.08 bits per heavy atom. The second-order valence-electron chi connectivity index (χ2n) is 6.66. The molecule has 130 valence electrons. The zero-order valence-corrected chi connectivity index (χ0v) is 15.3. The Kier molecular flexibility index (Phi) is 5.59. The zero-order valence-electron chi connectivity index (χ0n) is 14.5. The number of benzene rings is 1. The molecule has 1 aliphatic rings. The van der Waals surface area contributed by atoms with E-state index in [0.29, 0.717) is 12.6 Å². The summed E-state index contributed by atoms with van der Waals surface area (Å²) in [4.78, 5) is 2.56. The van der Waals surface area contributed by atoms with Gasteiger partial charge in [-0.05, 0) is 51.3 Å². The predicted octanol–water partition coefficient (Wildman–Crippen LogP) is 3.35. The highest BCUT2D eigenvalue weighted by Crippen LogP contribution is 2.27. The molecule has 1 unspecified atom stereocenters. The number of aromatic nitrogens is 2. The molecule has 1 aliphatic heterocycles. The van der Waals surface area contributed by atoms with Crippen molar-refractivity contribution in [2.45, 2.75) is 52.2 Å². The van der Waals surface area contributed by atoms with Crippen LogP contribution in [0.25, 0.3) is 0 Å². The summed E-state index contributed by atoms with van der Waals surface area (Å²) in [7, 11) is 0. The van der Waals surface area contributed by atoms with E-state index in [0.717, 1.165) is 30.2 Å². The van der Waals surface area contributed by atoms with Crippen molar-refractivity contribution in [3.63, 3.8) is 0 Å². The SMILES string of the molecule is Cc1nn(CCO)c(C)c1CN1CCCC1Cc1ccccc1Cl. The van der Waals surface area contributed by atoms with E-state index in [2.05, 4.69) is 36.0 Å². The third-order valence-electron chi connectivity index (χ3n) is 5.12. The van der Waals surface area contributed by atoms with E-state index in [1.165, 1.54) is 29.7 Å². The van der Waals surface area contributed by atoms with Gasteiger partial charge in [0.05, 0.1) is 18.8 Å². The Bertz CT molecular complexity index is 698. The third-order valence-corrected chi connectivity index (χ3v) is 5.49. The molecule has 0 saturated carbocycles. The number of aryl methyl sites for hydroxylation is 1. The molecule has 1 fully saturated rings. The van der Waals surface area contributed by atoms with E-state index < -0.39 is 0 Å². The number of hydrogen-bond acceptors (Lipinski definition) is 3. The van der Waals surface area contributed by atoms with Crippen LogP contribution in [-0.2, 0) is 19.5 Å². The summed E-state index contributed by atoms with van der Waals surface area (Å²) in [6.45, 7) is 6.91. The molecule has 0 aliphatic carbocycles. The Balaban J connectivity index is 1.74. The number of halogens is 1. The van der Waals surface area contributed by atoms with Crippen molar-refractivity contribution in [2.24, 2.45) is 0 Å². The topological polar surface area (TPSA) is 41.3 Å². The van der Waals surface area contributed by atoms with E-state index in [4.69, 9.17) is 11.6 Å². The van der Waals surface area contributed by atoms with Crippen LogP contribution in [0.1, 0.15) is 35.4 Å². The number of hydrogen-bond donors (Lipinski definition) is 1. The molecule has 1 atom stereocenters. The Labute approximate surface area is 149 Å². The minimum atomic E-state index is 0.125. The van der Waals surface area contributed by atoms with Crippen molar-refractivity contribution in [3.05, 3.63) is 51.8 Å². The average Bonchev–Trinajstić information content (AvgIpc) is 3.10. The Hall–Kier alpha value is -1.36. The fourth-order valence-corrected chi connectivity index (χ4v) is 3.94. The molecule has 1 N–H and O–H groups in total. The minimum Gasteiger partial charge on any atom is -0.394 e. The Morgan fingerprint density at radius 1 is 1.29 bits per heavy atom. The summed E-state index contributed by atoms with van der Waals surface area (Å²) in [5.74, 6) is 0. The maximum absolute atomic E-state index is 9.18. The van der Waals surface area contributed by atoms with Crippen LogP contribution in [0.4, 0.5) is 0 Å². The maximum Gasteiger partial charge on any atom is 0.0644 e. The number of aliphatic hydroxyl groups is 1. The smallest absolute Gasteiger partial charge is 0.0644 e. The third kappa shape index (κ3) is 3.66. The van der Waals surface area contributed by atoms with Crippen LogP contribution < -0.4 is 0 Å². The molecule has 0 radical (unpaired) electrons. The van der Waals surface area contributed by atoms with Crippen molar-refractivity contribution in [3.8, 4) is 0 Å². The van der Waals surface area contributed by atoms with Gasteiger partial charge in [0.2, 0.25) is 0 Å². The van der Waals surface area contributed by atoms with Crippen molar-refractivity contribution in [2.75, 3.05) is 13.2 Å². The average molecular weight is 348 g/mol. The van der Waals surface area contributed by atoms with Crippen LogP contribution in [0.5, 0.6) is 0 Å². The summed E-state index contributed by atoms with van der Waals surface area (Å²) in [6.07, 6.45) is 3.45. The summed E-state index contributed by atoms with van der Waals surface area (Å²) in [5.41, 5.74) is 4.78. The minimum absolute atomic E-state index is 0.125. The highest BCUT2D eigenvalue weighted by atomic mass is 35.5. The monoisotopic (exact) mass is 347 g/mol. The van der Waals surface area contributed by atoms with E-state index in [1.807, 2.05) is 16.8 Å². The van der Waals surface area contributed by atoms with Crippen molar-refractivity contribution in [1.82, 2.24) is 14.7 Å². The molecule has 0 spiro atoms. The summed E-state index contributed by atoms with van der Waals surface area (Å²) < 4.78 is 1.92. The van der Waals surface area contributed by atoms with E-state index in [1.54, 1.807) is 0 Å². The van der Waals surface area contributed by atoms with Crippen molar-refractivity contribution >= 4 is 11.6 Å². The van der Waals surface area contributed by atoms with Gasteiger partial charge in [0.25, 0.3) is 0 Å². The van der Waals surface area contributed by atoms with Crippen LogP contribution in [0.2, 0.25) is 5.02 Å². The van der Waals surface area contributed by atoms with Gasteiger partial charge in [-0.25, -0.2) is 0 Å². The fraction of sp³-hybridized carbons (Fsp3) is 0.526. The largest absolute Gasteiger partial charge is 0.394 e. The first kappa shape index (κ1) is 17.5. The molecule has 2 aromatic rings. The molecule has 4 nitrogen and oxygen atoms in total. The standard InChI is InChI=1S/C19H26ClN3O/c1-14-18(15(2)23(21-14)10-11-24)13-22-9-5-7-17(22)12-16-6-3-4-8-19(16)20/h3-4,6,8,17,24H,5,7,9-13H2,1-2H3. The zero-order chi connectivity index (χ0) is 17.1. The quantitative estimate of drug-likeness (QED) is 0.871. The molecule has 5 heteroatoms. The summed E-state index contributed by atoms with van der Waals surface area (Å²) in [6, 6.07) is 8.69. The van der Waals surface area contributed by atoms with Crippen molar-refractivity contribution < 1.29 is 5.11 Å². The fourth-order valence-electron chi connectivity index (χ4n) is 3.73. The highest BCUT2D eigenvalue weighted by molar-refractivity contribution is 6.31. The van der Waals surface area contributed by atoms with E-state index in [-0.39, 0.29) is 6.61 Å². The number of rotatable bonds is 6. The number of aliphatic hydroxyl groups excluding tert-OH is 1. The Morgan fingerprint density at radius 3 is 2.83 bits per heavy atom. The van der Waals surface area contributed by atoms with E-state index in [9.17, 15) is 5.11 Å². The molecule has 24 heavy (non-hydrogen) atoms.